The van der Waals surface area contributed by atoms with Crippen LogP contribution in [0, 0.1) is 11.3 Å². The molecule has 0 radical (unpaired) electrons. The zero-order valence-corrected chi connectivity index (χ0v) is 15.8. The maximum absolute atomic E-state index is 12.8. The lowest BCUT2D eigenvalue weighted by molar-refractivity contribution is -0.146. The molecule has 142 valence electrons. The van der Waals surface area contributed by atoms with Gasteiger partial charge in [-0.1, -0.05) is 42.5 Å². The Hall–Kier alpha value is -3.34. The van der Waals surface area contributed by atoms with Crippen LogP contribution < -0.4 is 9.47 Å². The van der Waals surface area contributed by atoms with Crippen molar-refractivity contribution in [3.05, 3.63) is 71.8 Å². The lowest BCUT2D eigenvalue weighted by Gasteiger charge is -2.33. The lowest BCUT2D eigenvalue weighted by atomic mass is 9.76. The minimum atomic E-state index is -0.841. The number of hydrogen-bond donors (Lipinski definition) is 1. The molecular weight excluding hydrogens is 354 g/mol. The molecule has 4 rings (SSSR count). The summed E-state index contributed by atoms with van der Waals surface area (Å²) >= 11 is 0. The predicted octanol–water partition coefficient (Wildman–Crippen LogP) is 4.53. The van der Waals surface area contributed by atoms with E-state index in [1.165, 1.54) is 0 Å². The largest absolute Gasteiger partial charge is 0.497 e. The molecule has 3 aromatic carbocycles. The highest BCUT2D eigenvalue weighted by Gasteiger charge is 2.43. The number of nitrogens with one attached hydrogen (secondary N) is 1. The van der Waals surface area contributed by atoms with Gasteiger partial charge in [-0.2, -0.15) is 0 Å². The predicted molar refractivity (Wildman–Crippen MR) is 107 cm³/mol. The summed E-state index contributed by atoms with van der Waals surface area (Å²) in [6.45, 7) is 2.01. The number of carbonyl (C=O) groups excluding carboxylic acids is 1. The van der Waals surface area contributed by atoms with E-state index in [4.69, 9.17) is 19.6 Å². The van der Waals surface area contributed by atoms with Crippen molar-refractivity contribution in [2.24, 2.45) is 5.92 Å². The number of hydrogen-bond acceptors (Lipinski definition) is 5. The normalized spacial score (nSPS) is 18.3. The number of ether oxygens (including phenoxy) is 3. The molecule has 0 spiro atoms. The zero-order valence-electron chi connectivity index (χ0n) is 15.8. The number of methoxy groups -OCH3 is 1. The first-order valence-corrected chi connectivity index (χ1v) is 9.22. The third-order valence-electron chi connectivity index (χ3n) is 5.09. The van der Waals surface area contributed by atoms with Crippen LogP contribution in [0.4, 0.5) is 0 Å². The Kier molecular flexibility index (Phi) is 4.74. The highest BCUT2D eigenvalue weighted by molar-refractivity contribution is 6.03. The second-order valence-corrected chi connectivity index (χ2v) is 6.65. The van der Waals surface area contributed by atoms with E-state index in [1.807, 2.05) is 60.7 Å². The molecule has 2 unspecified atom stereocenters. The summed E-state index contributed by atoms with van der Waals surface area (Å²) in [4.78, 5) is 12.8. The maximum Gasteiger partial charge on any atom is 0.319 e. The molecular formula is C23H21NO4. The van der Waals surface area contributed by atoms with Crippen molar-refractivity contribution < 1.29 is 19.0 Å². The molecule has 1 aliphatic heterocycles. The van der Waals surface area contributed by atoms with Crippen molar-refractivity contribution in [1.29, 1.82) is 5.41 Å². The van der Waals surface area contributed by atoms with Crippen LogP contribution in [0.5, 0.6) is 11.5 Å². The molecule has 5 heteroatoms. The third kappa shape index (κ3) is 2.99. The van der Waals surface area contributed by atoms with E-state index < -0.39 is 11.9 Å². The summed E-state index contributed by atoms with van der Waals surface area (Å²) < 4.78 is 16.3. The van der Waals surface area contributed by atoms with Crippen LogP contribution in [-0.4, -0.2) is 25.6 Å². The molecule has 0 amide bonds. The first-order valence-electron chi connectivity index (χ1n) is 9.22. The van der Waals surface area contributed by atoms with Crippen LogP contribution >= 0.6 is 0 Å². The molecule has 0 fully saturated rings. The van der Waals surface area contributed by atoms with Crippen LogP contribution in [0.2, 0.25) is 0 Å². The van der Waals surface area contributed by atoms with E-state index in [0.717, 1.165) is 27.6 Å². The fourth-order valence-corrected chi connectivity index (χ4v) is 3.83. The number of benzene rings is 3. The van der Waals surface area contributed by atoms with Gasteiger partial charge in [-0.25, -0.2) is 0 Å². The molecule has 28 heavy (non-hydrogen) atoms. The monoisotopic (exact) mass is 375 g/mol. The molecule has 0 bridgehead atoms. The second-order valence-electron chi connectivity index (χ2n) is 6.65. The minimum Gasteiger partial charge on any atom is -0.497 e. The lowest BCUT2D eigenvalue weighted by Crippen LogP contribution is -2.38. The molecule has 1 N–H and O–H groups in total. The average molecular weight is 375 g/mol. The molecule has 2 atom stereocenters. The van der Waals surface area contributed by atoms with Gasteiger partial charge < -0.3 is 14.2 Å². The topological polar surface area (TPSA) is 68.6 Å². The number of carbonyl (C=O) groups is 1. The Balaban J connectivity index is 1.96. The summed E-state index contributed by atoms with van der Waals surface area (Å²) in [6, 6.07) is 19.4. The van der Waals surface area contributed by atoms with Crippen molar-refractivity contribution >= 4 is 22.6 Å². The fraction of sp³-hybridized carbons (Fsp3) is 0.217. The van der Waals surface area contributed by atoms with Crippen molar-refractivity contribution in [2.45, 2.75) is 12.8 Å². The van der Waals surface area contributed by atoms with Gasteiger partial charge in [0.15, 0.2) is 0 Å². The van der Waals surface area contributed by atoms with Crippen LogP contribution in [0.1, 0.15) is 24.0 Å². The summed E-state index contributed by atoms with van der Waals surface area (Å²) in [6.07, 6.45) is 0. The second kappa shape index (κ2) is 7.35. The zero-order chi connectivity index (χ0) is 19.7. The van der Waals surface area contributed by atoms with Gasteiger partial charge in [0.25, 0.3) is 0 Å². The van der Waals surface area contributed by atoms with Crippen molar-refractivity contribution in [1.82, 2.24) is 0 Å². The summed E-state index contributed by atoms with van der Waals surface area (Å²) in [5.74, 6) is -0.435. The highest BCUT2D eigenvalue weighted by Crippen LogP contribution is 2.46. The van der Waals surface area contributed by atoms with E-state index >= 15 is 0 Å². The van der Waals surface area contributed by atoms with E-state index in [-0.39, 0.29) is 18.4 Å². The fourth-order valence-electron chi connectivity index (χ4n) is 3.83. The Morgan fingerprint density at radius 1 is 1.07 bits per heavy atom. The molecule has 1 aliphatic rings. The Morgan fingerprint density at radius 3 is 2.54 bits per heavy atom. The highest BCUT2D eigenvalue weighted by atomic mass is 16.5. The van der Waals surface area contributed by atoms with Crippen molar-refractivity contribution in [3.63, 3.8) is 0 Å². The van der Waals surface area contributed by atoms with E-state index in [9.17, 15) is 4.79 Å². The van der Waals surface area contributed by atoms with Crippen LogP contribution in [-0.2, 0) is 9.53 Å². The quantitative estimate of drug-likeness (QED) is 0.680. The maximum atomic E-state index is 12.8. The summed E-state index contributed by atoms with van der Waals surface area (Å²) in [7, 11) is 1.61. The van der Waals surface area contributed by atoms with Crippen LogP contribution in [0.25, 0.3) is 10.8 Å². The SMILES string of the molecule is CCOC(=O)C1C(=N)Oc2ccc3ccccc3c2C1c1ccc(OC)cc1. The summed E-state index contributed by atoms with van der Waals surface area (Å²) in [5.41, 5.74) is 1.81. The first-order chi connectivity index (χ1) is 13.6. The number of esters is 1. The van der Waals surface area contributed by atoms with Gasteiger partial charge in [-0.15, -0.1) is 0 Å². The van der Waals surface area contributed by atoms with Gasteiger partial charge in [0, 0.05) is 11.5 Å². The van der Waals surface area contributed by atoms with Gasteiger partial charge in [0.2, 0.25) is 5.90 Å². The van der Waals surface area contributed by atoms with Crippen LogP contribution in [0.15, 0.2) is 60.7 Å². The van der Waals surface area contributed by atoms with Gasteiger partial charge >= 0.3 is 5.97 Å². The standard InChI is InChI=1S/C23H21NO4/c1-3-27-23(25)21-19(15-8-11-16(26-2)12-9-15)20-17-7-5-4-6-14(17)10-13-18(20)28-22(21)24/h4-13,19,21,24H,3H2,1-2H3. The molecule has 1 heterocycles. The Bertz CT molecular complexity index is 1040. The van der Waals surface area contributed by atoms with Gasteiger partial charge in [0.1, 0.15) is 17.4 Å². The molecule has 0 aliphatic carbocycles. The molecule has 0 saturated carbocycles. The molecule has 0 saturated heterocycles. The van der Waals surface area contributed by atoms with Gasteiger partial charge in [-0.05, 0) is 41.5 Å². The smallest absolute Gasteiger partial charge is 0.319 e. The van der Waals surface area contributed by atoms with Gasteiger partial charge in [-0.3, -0.25) is 10.2 Å². The van der Waals surface area contributed by atoms with E-state index in [1.54, 1.807) is 14.0 Å². The third-order valence-corrected chi connectivity index (χ3v) is 5.09. The van der Waals surface area contributed by atoms with Crippen molar-refractivity contribution in [3.8, 4) is 11.5 Å². The van der Waals surface area contributed by atoms with E-state index in [2.05, 4.69) is 0 Å². The first kappa shape index (κ1) is 18.0. The van der Waals surface area contributed by atoms with Gasteiger partial charge in [0.05, 0.1) is 13.7 Å². The van der Waals surface area contributed by atoms with E-state index in [0.29, 0.717) is 5.75 Å². The Labute approximate surface area is 163 Å². The number of fused-ring (bicyclic) bond motifs is 3. The minimum absolute atomic E-state index is 0.0953. The summed E-state index contributed by atoms with van der Waals surface area (Å²) in [5, 5.41) is 10.5. The van der Waals surface area contributed by atoms with Crippen molar-refractivity contribution in [2.75, 3.05) is 13.7 Å². The molecule has 5 nitrogen and oxygen atoms in total. The average Bonchev–Trinajstić information content (AvgIpc) is 2.72. The molecule has 3 aromatic rings. The number of rotatable bonds is 4. The Morgan fingerprint density at radius 2 is 1.82 bits per heavy atom. The molecule has 0 aromatic heterocycles. The van der Waals surface area contributed by atoms with Crippen LogP contribution in [0.3, 0.4) is 0 Å².